The SMILES string of the molecule is O=C(c1cccc(Cl)c1)N1CCN(CC(OCc2ccc(C(F)(F)F)cc2)c2ccc(Cl)cc2)CC1. The van der Waals surface area contributed by atoms with Gasteiger partial charge in [0.15, 0.2) is 0 Å². The largest absolute Gasteiger partial charge is 0.416 e. The van der Waals surface area contributed by atoms with E-state index in [1.165, 1.54) is 12.1 Å². The summed E-state index contributed by atoms with van der Waals surface area (Å²) in [5.74, 6) is -0.0510. The molecule has 0 N–H and O–H groups in total. The molecule has 1 aliphatic heterocycles. The molecule has 3 aromatic rings. The molecule has 4 nitrogen and oxygen atoms in total. The predicted molar refractivity (Wildman–Crippen MR) is 134 cm³/mol. The van der Waals surface area contributed by atoms with Crippen molar-refractivity contribution in [1.29, 1.82) is 0 Å². The van der Waals surface area contributed by atoms with Crippen LogP contribution in [0.15, 0.2) is 72.8 Å². The second kappa shape index (κ2) is 11.6. The fourth-order valence-corrected chi connectivity index (χ4v) is 4.41. The first-order chi connectivity index (χ1) is 17.2. The van der Waals surface area contributed by atoms with Crippen LogP contribution in [0.3, 0.4) is 0 Å². The van der Waals surface area contributed by atoms with E-state index in [9.17, 15) is 18.0 Å². The van der Waals surface area contributed by atoms with Gasteiger partial charge in [0.1, 0.15) is 0 Å². The Morgan fingerprint density at radius 2 is 1.56 bits per heavy atom. The molecule has 0 bridgehead atoms. The van der Waals surface area contributed by atoms with E-state index >= 15 is 0 Å². The van der Waals surface area contributed by atoms with Gasteiger partial charge in [-0.3, -0.25) is 9.69 Å². The molecule has 0 spiro atoms. The average Bonchev–Trinajstić information content (AvgIpc) is 2.87. The lowest BCUT2D eigenvalue weighted by Gasteiger charge is -2.36. The van der Waals surface area contributed by atoms with E-state index in [2.05, 4.69) is 4.90 Å². The highest BCUT2D eigenvalue weighted by Crippen LogP contribution is 2.30. The fourth-order valence-electron chi connectivity index (χ4n) is 4.09. The van der Waals surface area contributed by atoms with Gasteiger partial charge in [-0.05, 0) is 53.6 Å². The van der Waals surface area contributed by atoms with Gasteiger partial charge in [0.25, 0.3) is 5.91 Å². The van der Waals surface area contributed by atoms with E-state index in [1.807, 2.05) is 17.0 Å². The minimum atomic E-state index is -4.37. The van der Waals surface area contributed by atoms with Gasteiger partial charge >= 0.3 is 6.18 Å². The van der Waals surface area contributed by atoms with Crippen LogP contribution in [0.2, 0.25) is 10.0 Å². The Morgan fingerprint density at radius 3 is 2.17 bits per heavy atom. The van der Waals surface area contributed by atoms with Gasteiger partial charge in [-0.15, -0.1) is 0 Å². The minimum absolute atomic E-state index is 0.0510. The van der Waals surface area contributed by atoms with Gasteiger partial charge in [-0.25, -0.2) is 0 Å². The van der Waals surface area contributed by atoms with Crippen molar-refractivity contribution < 1.29 is 22.7 Å². The molecule has 1 atom stereocenters. The smallest absolute Gasteiger partial charge is 0.368 e. The number of hydrogen-bond acceptors (Lipinski definition) is 3. The van der Waals surface area contributed by atoms with Crippen LogP contribution in [0.5, 0.6) is 0 Å². The van der Waals surface area contributed by atoms with Crippen LogP contribution in [-0.4, -0.2) is 48.4 Å². The normalized spacial score (nSPS) is 15.6. The third-order valence-electron chi connectivity index (χ3n) is 6.13. The topological polar surface area (TPSA) is 32.8 Å². The maximum Gasteiger partial charge on any atom is 0.416 e. The summed E-state index contributed by atoms with van der Waals surface area (Å²) < 4.78 is 44.8. The Bertz CT molecular complexity index is 1160. The zero-order valence-electron chi connectivity index (χ0n) is 19.3. The zero-order chi connectivity index (χ0) is 25.7. The number of halogens is 5. The molecule has 3 aromatic carbocycles. The summed E-state index contributed by atoms with van der Waals surface area (Å²) in [6, 6.07) is 19.3. The predicted octanol–water partition coefficient (Wildman–Crippen LogP) is 6.73. The van der Waals surface area contributed by atoms with Crippen LogP contribution in [0, 0.1) is 0 Å². The molecule has 36 heavy (non-hydrogen) atoms. The Morgan fingerprint density at radius 1 is 0.889 bits per heavy atom. The number of amides is 1. The molecular weight excluding hydrogens is 512 g/mol. The molecule has 1 aliphatic rings. The maximum atomic E-state index is 12.9. The van der Waals surface area contributed by atoms with Gasteiger partial charge in [0.05, 0.1) is 18.3 Å². The van der Waals surface area contributed by atoms with Crippen molar-refractivity contribution in [2.45, 2.75) is 18.9 Å². The van der Waals surface area contributed by atoms with Crippen molar-refractivity contribution in [2.24, 2.45) is 0 Å². The summed E-state index contributed by atoms with van der Waals surface area (Å²) in [5.41, 5.74) is 1.45. The average molecular weight is 537 g/mol. The second-order valence-electron chi connectivity index (χ2n) is 8.65. The first kappa shape index (κ1) is 26.5. The zero-order valence-corrected chi connectivity index (χ0v) is 20.9. The Hall–Kier alpha value is -2.58. The lowest BCUT2D eigenvalue weighted by atomic mass is 10.1. The number of rotatable bonds is 7. The molecular formula is C27H25Cl2F3N2O2. The molecule has 1 fully saturated rings. The Balaban J connectivity index is 1.38. The van der Waals surface area contributed by atoms with Gasteiger partial charge in [-0.2, -0.15) is 13.2 Å². The summed E-state index contributed by atoms with van der Waals surface area (Å²) in [4.78, 5) is 16.8. The summed E-state index contributed by atoms with van der Waals surface area (Å²) in [6.45, 7) is 3.20. The minimum Gasteiger partial charge on any atom is -0.368 e. The van der Waals surface area contributed by atoms with Crippen molar-refractivity contribution >= 4 is 29.1 Å². The van der Waals surface area contributed by atoms with Gasteiger partial charge in [-0.1, -0.05) is 53.5 Å². The number of piperazine rings is 1. The quantitative estimate of drug-likeness (QED) is 0.335. The third-order valence-corrected chi connectivity index (χ3v) is 6.62. The third kappa shape index (κ3) is 7.01. The summed E-state index contributed by atoms with van der Waals surface area (Å²) in [5, 5.41) is 1.13. The second-order valence-corrected chi connectivity index (χ2v) is 9.52. The van der Waals surface area contributed by atoms with Crippen LogP contribution in [0.25, 0.3) is 0 Å². The molecule has 1 amide bonds. The first-order valence-corrected chi connectivity index (χ1v) is 12.2. The molecule has 190 valence electrons. The van der Waals surface area contributed by atoms with E-state index < -0.39 is 11.7 Å². The molecule has 0 radical (unpaired) electrons. The summed E-state index contributed by atoms with van der Waals surface area (Å²) >= 11 is 12.1. The van der Waals surface area contributed by atoms with E-state index in [1.54, 1.807) is 36.4 Å². The number of carbonyl (C=O) groups excluding carboxylic acids is 1. The van der Waals surface area contributed by atoms with Crippen molar-refractivity contribution in [3.63, 3.8) is 0 Å². The van der Waals surface area contributed by atoms with Crippen LogP contribution < -0.4 is 0 Å². The van der Waals surface area contributed by atoms with Crippen molar-refractivity contribution in [2.75, 3.05) is 32.7 Å². The molecule has 4 rings (SSSR count). The number of ether oxygens (including phenoxy) is 1. The molecule has 1 heterocycles. The lowest BCUT2D eigenvalue weighted by Crippen LogP contribution is -2.49. The summed E-state index contributed by atoms with van der Waals surface area (Å²) in [7, 11) is 0. The molecule has 1 saturated heterocycles. The standard InChI is InChI=1S/C27H25Cl2F3N2O2/c28-23-10-6-20(7-11-23)25(36-18-19-4-8-22(9-5-19)27(30,31)32)17-33-12-14-34(15-13-33)26(35)21-2-1-3-24(29)16-21/h1-11,16,25H,12-15,17-18H2. The number of alkyl halides is 3. The monoisotopic (exact) mass is 536 g/mol. The van der Waals surface area contributed by atoms with E-state index in [4.69, 9.17) is 27.9 Å². The maximum absolute atomic E-state index is 12.9. The molecule has 9 heteroatoms. The highest BCUT2D eigenvalue weighted by molar-refractivity contribution is 6.31. The summed E-state index contributed by atoms with van der Waals surface area (Å²) in [6.07, 6.45) is -4.69. The number of carbonyl (C=O) groups is 1. The highest BCUT2D eigenvalue weighted by Gasteiger charge is 2.30. The van der Waals surface area contributed by atoms with Crippen LogP contribution in [0.1, 0.15) is 33.2 Å². The van der Waals surface area contributed by atoms with E-state index in [-0.39, 0.29) is 18.6 Å². The highest BCUT2D eigenvalue weighted by atomic mass is 35.5. The van der Waals surface area contributed by atoms with E-state index in [0.717, 1.165) is 17.7 Å². The number of nitrogens with zero attached hydrogens (tertiary/aromatic N) is 2. The van der Waals surface area contributed by atoms with Crippen LogP contribution in [-0.2, 0) is 17.5 Å². The van der Waals surface area contributed by atoms with Crippen LogP contribution >= 0.6 is 23.2 Å². The van der Waals surface area contributed by atoms with Crippen molar-refractivity contribution in [3.8, 4) is 0 Å². The lowest BCUT2D eigenvalue weighted by molar-refractivity contribution is -0.137. The molecule has 1 unspecified atom stereocenters. The van der Waals surface area contributed by atoms with Crippen LogP contribution in [0.4, 0.5) is 13.2 Å². The van der Waals surface area contributed by atoms with Gasteiger partial charge in [0, 0.05) is 48.3 Å². The van der Waals surface area contributed by atoms with Crippen molar-refractivity contribution in [3.05, 3.63) is 105 Å². The van der Waals surface area contributed by atoms with Gasteiger partial charge in [0.2, 0.25) is 0 Å². The van der Waals surface area contributed by atoms with E-state index in [0.29, 0.717) is 53.9 Å². The number of benzene rings is 3. The number of hydrogen-bond donors (Lipinski definition) is 0. The molecule has 0 aliphatic carbocycles. The molecule has 0 aromatic heterocycles. The van der Waals surface area contributed by atoms with Crippen molar-refractivity contribution in [1.82, 2.24) is 9.80 Å². The Kier molecular flexibility index (Phi) is 8.57. The van der Waals surface area contributed by atoms with Gasteiger partial charge < -0.3 is 9.64 Å². The Labute approximate surface area is 218 Å². The molecule has 0 saturated carbocycles. The fraction of sp³-hybridized carbons (Fsp3) is 0.296. The first-order valence-electron chi connectivity index (χ1n) is 11.5.